The molecule has 0 aromatic rings. The standard InChI is InChI=1S/C13H26N2O/c1-11-7-14-8-13(11)9-15(2)5-6-16-10-12-3-4-12/h11-14H,3-10H2,1-2H3. The monoisotopic (exact) mass is 226 g/mol. The van der Waals surface area contributed by atoms with Crippen molar-refractivity contribution in [1.29, 1.82) is 0 Å². The highest BCUT2D eigenvalue weighted by molar-refractivity contribution is 4.79. The molecule has 0 spiro atoms. The Kier molecular flexibility index (Phi) is 4.62. The van der Waals surface area contributed by atoms with Gasteiger partial charge in [-0.2, -0.15) is 0 Å². The van der Waals surface area contributed by atoms with Crippen LogP contribution in [0.2, 0.25) is 0 Å². The lowest BCUT2D eigenvalue weighted by Crippen LogP contribution is -2.31. The van der Waals surface area contributed by atoms with Crippen LogP contribution < -0.4 is 5.32 Å². The van der Waals surface area contributed by atoms with Gasteiger partial charge >= 0.3 is 0 Å². The Labute approximate surface area is 99.5 Å². The molecule has 1 aliphatic heterocycles. The van der Waals surface area contributed by atoms with Crippen LogP contribution in [0.4, 0.5) is 0 Å². The molecule has 1 heterocycles. The van der Waals surface area contributed by atoms with Crippen LogP contribution in [0.5, 0.6) is 0 Å². The van der Waals surface area contributed by atoms with Crippen LogP contribution in [-0.4, -0.2) is 51.3 Å². The second-order valence-corrected chi connectivity index (χ2v) is 5.68. The lowest BCUT2D eigenvalue weighted by molar-refractivity contribution is 0.0981. The predicted molar refractivity (Wildman–Crippen MR) is 66.6 cm³/mol. The van der Waals surface area contributed by atoms with Crippen molar-refractivity contribution < 1.29 is 4.74 Å². The molecule has 1 saturated carbocycles. The van der Waals surface area contributed by atoms with Gasteiger partial charge in [-0.25, -0.2) is 0 Å². The van der Waals surface area contributed by atoms with E-state index in [4.69, 9.17) is 4.74 Å². The minimum Gasteiger partial charge on any atom is -0.380 e. The first-order valence-corrected chi connectivity index (χ1v) is 6.72. The summed E-state index contributed by atoms with van der Waals surface area (Å²) in [6.45, 7) is 8.92. The highest BCUT2D eigenvalue weighted by Gasteiger charge is 2.24. The van der Waals surface area contributed by atoms with E-state index in [-0.39, 0.29) is 0 Å². The van der Waals surface area contributed by atoms with Crippen LogP contribution in [0.15, 0.2) is 0 Å². The van der Waals surface area contributed by atoms with Crippen LogP contribution in [0.25, 0.3) is 0 Å². The van der Waals surface area contributed by atoms with Gasteiger partial charge in [0, 0.05) is 19.7 Å². The van der Waals surface area contributed by atoms with Crippen molar-refractivity contribution in [2.24, 2.45) is 17.8 Å². The Balaban J connectivity index is 1.51. The average molecular weight is 226 g/mol. The molecule has 2 rings (SSSR count). The first-order valence-electron chi connectivity index (χ1n) is 6.72. The quantitative estimate of drug-likeness (QED) is 0.660. The maximum absolute atomic E-state index is 5.66. The van der Waals surface area contributed by atoms with Gasteiger partial charge in [-0.3, -0.25) is 0 Å². The summed E-state index contributed by atoms with van der Waals surface area (Å²) in [6.07, 6.45) is 2.78. The maximum Gasteiger partial charge on any atom is 0.0593 e. The normalized spacial score (nSPS) is 30.2. The molecule has 0 bridgehead atoms. The van der Waals surface area contributed by atoms with Crippen LogP contribution in [0.1, 0.15) is 19.8 Å². The highest BCUT2D eigenvalue weighted by Crippen LogP contribution is 2.28. The van der Waals surface area contributed by atoms with E-state index in [9.17, 15) is 0 Å². The molecule has 1 saturated heterocycles. The lowest BCUT2D eigenvalue weighted by atomic mass is 9.98. The van der Waals surface area contributed by atoms with Crippen molar-refractivity contribution in [3.8, 4) is 0 Å². The Hall–Kier alpha value is -0.120. The first kappa shape index (κ1) is 12.3. The summed E-state index contributed by atoms with van der Waals surface area (Å²) in [5.41, 5.74) is 0. The molecule has 2 fully saturated rings. The van der Waals surface area contributed by atoms with Crippen LogP contribution in [-0.2, 0) is 4.74 Å². The smallest absolute Gasteiger partial charge is 0.0593 e. The zero-order chi connectivity index (χ0) is 11.4. The highest BCUT2D eigenvalue weighted by atomic mass is 16.5. The van der Waals surface area contributed by atoms with E-state index in [1.807, 2.05) is 0 Å². The summed E-state index contributed by atoms with van der Waals surface area (Å²) in [5, 5.41) is 3.46. The molecule has 3 heteroatoms. The number of rotatable bonds is 7. The van der Waals surface area contributed by atoms with Gasteiger partial charge in [-0.1, -0.05) is 6.92 Å². The molecule has 0 aromatic carbocycles. The molecule has 3 nitrogen and oxygen atoms in total. The fourth-order valence-electron chi connectivity index (χ4n) is 2.36. The van der Waals surface area contributed by atoms with Crippen molar-refractivity contribution in [3.63, 3.8) is 0 Å². The number of ether oxygens (including phenoxy) is 1. The largest absolute Gasteiger partial charge is 0.380 e. The van der Waals surface area contributed by atoms with Crippen molar-refractivity contribution in [2.45, 2.75) is 19.8 Å². The Morgan fingerprint density at radius 2 is 2.12 bits per heavy atom. The first-order chi connectivity index (χ1) is 7.75. The van der Waals surface area contributed by atoms with Gasteiger partial charge in [-0.05, 0) is 50.7 Å². The molecule has 94 valence electrons. The van der Waals surface area contributed by atoms with Crippen LogP contribution >= 0.6 is 0 Å². The zero-order valence-electron chi connectivity index (χ0n) is 10.7. The molecule has 16 heavy (non-hydrogen) atoms. The third kappa shape index (κ3) is 4.04. The summed E-state index contributed by atoms with van der Waals surface area (Å²) in [6, 6.07) is 0. The number of hydrogen-bond acceptors (Lipinski definition) is 3. The number of hydrogen-bond donors (Lipinski definition) is 1. The van der Waals surface area contributed by atoms with E-state index in [1.165, 1.54) is 32.5 Å². The predicted octanol–water partition coefficient (Wildman–Crippen LogP) is 1.20. The maximum atomic E-state index is 5.66. The van der Waals surface area contributed by atoms with Gasteiger partial charge in [0.25, 0.3) is 0 Å². The molecule has 2 atom stereocenters. The minimum absolute atomic E-state index is 0.827. The Morgan fingerprint density at radius 1 is 1.31 bits per heavy atom. The van der Waals surface area contributed by atoms with Gasteiger partial charge in [-0.15, -0.1) is 0 Å². The Bertz CT molecular complexity index is 206. The second kappa shape index (κ2) is 5.99. The van der Waals surface area contributed by atoms with Gasteiger partial charge in [0.15, 0.2) is 0 Å². The van der Waals surface area contributed by atoms with E-state index in [2.05, 4.69) is 24.2 Å². The summed E-state index contributed by atoms with van der Waals surface area (Å²) >= 11 is 0. The fourth-order valence-corrected chi connectivity index (χ4v) is 2.36. The SMILES string of the molecule is CC1CNCC1CN(C)CCOCC1CC1. The van der Waals surface area contributed by atoms with Crippen molar-refractivity contribution in [3.05, 3.63) is 0 Å². The lowest BCUT2D eigenvalue weighted by Gasteiger charge is -2.22. The van der Waals surface area contributed by atoms with Crippen LogP contribution in [0.3, 0.4) is 0 Å². The van der Waals surface area contributed by atoms with Gasteiger partial charge in [0.1, 0.15) is 0 Å². The van der Waals surface area contributed by atoms with Crippen molar-refractivity contribution in [1.82, 2.24) is 10.2 Å². The number of nitrogens with one attached hydrogen (secondary N) is 1. The molecule has 1 aliphatic carbocycles. The summed E-state index contributed by atoms with van der Waals surface area (Å²) < 4.78 is 5.66. The topological polar surface area (TPSA) is 24.5 Å². The van der Waals surface area contributed by atoms with Gasteiger partial charge in [0.2, 0.25) is 0 Å². The summed E-state index contributed by atoms with van der Waals surface area (Å²) in [4.78, 5) is 2.42. The van der Waals surface area contributed by atoms with E-state index in [0.29, 0.717) is 0 Å². The van der Waals surface area contributed by atoms with E-state index in [0.717, 1.165) is 37.5 Å². The third-order valence-corrected chi connectivity index (χ3v) is 3.89. The molecule has 0 amide bonds. The number of nitrogens with zero attached hydrogens (tertiary/aromatic N) is 1. The fraction of sp³-hybridized carbons (Fsp3) is 1.00. The molecular formula is C13H26N2O. The molecular weight excluding hydrogens is 200 g/mol. The summed E-state index contributed by atoms with van der Waals surface area (Å²) in [5.74, 6) is 2.55. The Morgan fingerprint density at radius 3 is 2.75 bits per heavy atom. The number of likely N-dealkylation sites (N-methyl/N-ethyl adjacent to an activating group) is 1. The van der Waals surface area contributed by atoms with Gasteiger partial charge in [0.05, 0.1) is 6.61 Å². The average Bonchev–Trinajstić information content (AvgIpc) is 3.00. The van der Waals surface area contributed by atoms with Crippen molar-refractivity contribution >= 4 is 0 Å². The molecule has 2 aliphatic rings. The molecule has 0 aromatic heterocycles. The van der Waals surface area contributed by atoms with E-state index < -0.39 is 0 Å². The van der Waals surface area contributed by atoms with Gasteiger partial charge < -0.3 is 15.0 Å². The zero-order valence-corrected chi connectivity index (χ0v) is 10.7. The molecule has 1 N–H and O–H groups in total. The minimum atomic E-state index is 0.827. The van der Waals surface area contributed by atoms with E-state index >= 15 is 0 Å². The summed E-state index contributed by atoms with van der Waals surface area (Å²) in [7, 11) is 2.21. The molecule has 2 unspecified atom stereocenters. The molecule has 0 radical (unpaired) electrons. The van der Waals surface area contributed by atoms with E-state index in [1.54, 1.807) is 0 Å². The second-order valence-electron chi connectivity index (χ2n) is 5.68. The van der Waals surface area contributed by atoms with Crippen molar-refractivity contribution in [2.75, 3.05) is 46.4 Å². The third-order valence-electron chi connectivity index (χ3n) is 3.89. The van der Waals surface area contributed by atoms with Crippen LogP contribution in [0, 0.1) is 17.8 Å².